The molecule has 7 heteroatoms. The minimum Gasteiger partial charge on any atom is -0.494 e. The average molecular weight is 299 g/mol. The molecule has 2 rings (SSSR count). The fourth-order valence-corrected chi connectivity index (χ4v) is 3.40. The minimum absolute atomic E-state index is 0.0335. The van der Waals surface area contributed by atoms with Gasteiger partial charge in [-0.3, -0.25) is 4.79 Å². The Balaban J connectivity index is 2.05. The highest BCUT2D eigenvalue weighted by molar-refractivity contribution is 7.89. The van der Waals surface area contributed by atoms with Gasteiger partial charge in [0.1, 0.15) is 5.75 Å². The summed E-state index contributed by atoms with van der Waals surface area (Å²) >= 11 is 0. The minimum atomic E-state index is -3.59. The lowest BCUT2D eigenvalue weighted by atomic mass is 10.0. The number of aliphatic carboxylic acids is 1. The largest absolute Gasteiger partial charge is 0.494 e. The third-order valence-electron chi connectivity index (χ3n) is 3.13. The first kappa shape index (κ1) is 14.8. The first-order chi connectivity index (χ1) is 9.45. The van der Waals surface area contributed by atoms with Crippen LogP contribution in [0.3, 0.4) is 0 Å². The highest BCUT2D eigenvalue weighted by Gasteiger charge is 2.40. The lowest BCUT2D eigenvalue weighted by Gasteiger charge is -2.35. The summed E-state index contributed by atoms with van der Waals surface area (Å²) in [6.07, 6.45) is 0.879. The van der Waals surface area contributed by atoms with E-state index in [0.717, 1.165) is 6.42 Å². The lowest BCUT2D eigenvalue weighted by molar-refractivity contribution is -0.145. The van der Waals surface area contributed by atoms with Crippen LogP contribution in [-0.2, 0) is 14.8 Å². The van der Waals surface area contributed by atoms with E-state index in [1.165, 1.54) is 16.4 Å². The molecule has 0 saturated carbocycles. The van der Waals surface area contributed by atoms with Gasteiger partial charge in [-0.1, -0.05) is 6.92 Å². The van der Waals surface area contributed by atoms with Crippen molar-refractivity contribution in [3.63, 3.8) is 0 Å². The van der Waals surface area contributed by atoms with Crippen molar-refractivity contribution in [2.45, 2.75) is 18.2 Å². The topological polar surface area (TPSA) is 83.9 Å². The van der Waals surface area contributed by atoms with Gasteiger partial charge in [-0.2, -0.15) is 4.31 Å². The van der Waals surface area contributed by atoms with Crippen LogP contribution in [0.5, 0.6) is 5.75 Å². The summed E-state index contributed by atoms with van der Waals surface area (Å²) in [6.45, 7) is 2.64. The first-order valence-corrected chi connectivity index (χ1v) is 7.85. The first-order valence-electron chi connectivity index (χ1n) is 6.41. The van der Waals surface area contributed by atoms with E-state index in [0.29, 0.717) is 12.4 Å². The van der Waals surface area contributed by atoms with Crippen LogP contribution < -0.4 is 4.74 Å². The van der Waals surface area contributed by atoms with Gasteiger partial charge in [0, 0.05) is 13.1 Å². The molecule has 1 saturated heterocycles. The lowest BCUT2D eigenvalue weighted by Crippen LogP contribution is -2.52. The third-order valence-corrected chi connectivity index (χ3v) is 4.98. The van der Waals surface area contributed by atoms with E-state index in [1.54, 1.807) is 12.1 Å². The second kappa shape index (κ2) is 5.80. The molecule has 0 spiro atoms. The highest BCUT2D eigenvalue weighted by Crippen LogP contribution is 2.26. The monoisotopic (exact) mass is 299 g/mol. The van der Waals surface area contributed by atoms with Crippen molar-refractivity contribution in [1.82, 2.24) is 4.31 Å². The Morgan fingerprint density at radius 2 is 1.95 bits per heavy atom. The van der Waals surface area contributed by atoms with Gasteiger partial charge in [0.05, 0.1) is 17.4 Å². The van der Waals surface area contributed by atoms with Crippen LogP contribution in [0.2, 0.25) is 0 Å². The number of hydrogen-bond donors (Lipinski definition) is 1. The number of nitrogens with zero attached hydrogens (tertiary/aromatic N) is 1. The fraction of sp³-hybridized carbons (Fsp3) is 0.462. The summed E-state index contributed by atoms with van der Waals surface area (Å²) in [5.74, 6) is -0.936. The van der Waals surface area contributed by atoms with E-state index in [9.17, 15) is 13.2 Å². The molecular weight excluding hydrogens is 282 g/mol. The van der Waals surface area contributed by atoms with Crippen molar-refractivity contribution in [3.8, 4) is 5.75 Å². The molecule has 0 atom stereocenters. The van der Waals surface area contributed by atoms with Crippen LogP contribution in [0.1, 0.15) is 13.3 Å². The molecule has 1 N–H and O–H groups in total. The van der Waals surface area contributed by atoms with Crippen molar-refractivity contribution in [3.05, 3.63) is 24.3 Å². The summed E-state index contributed by atoms with van der Waals surface area (Å²) in [4.78, 5) is 10.9. The number of ether oxygens (including phenoxy) is 1. The quantitative estimate of drug-likeness (QED) is 0.852. The van der Waals surface area contributed by atoms with Crippen molar-refractivity contribution < 1.29 is 23.1 Å². The number of benzene rings is 1. The second-order valence-corrected chi connectivity index (χ2v) is 6.61. The van der Waals surface area contributed by atoms with Crippen molar-refractivity contribution in [1.29, 1.82) is 0 Å². The molecule has 1 aliphatic heterocycles. The van der Waals surface area contributed by atoms with Crippen LogP contribution in [0, 0.1) is 5.92 Å². The number of hydrogen-bond acceptors (Lipinski definition) is 4. The Bertz CT molecular complexity index is 575. The maximum atomic E-state index is 12.2. The molecule has 0 amide bonds. The molecule has 0 bridgehead atoms. The zero-order chi connectivity index (χ0) is 14.8. The maximum Gasteiger partial charge on any atom is 0.309 e. The molecule has 20 heavy (non-hydrogen) atoms. The molecule has 1 heterocycles. The highest BCUT2D eigenvalue weighted by atomic mass is 32.2. The molecule has 1 fully saturated rings. The molecule has 6 nitrogen and oxygen atoms in total. The summed E-state index contributed by atoms with van der Waals surface area (Å²) in [5.41, 5.74) is 0. The Morgan fingerprint density at radius 1 is 1.35 bits per heavy atom. The zero-order valence-corrected chi connectivity index (χ0v) is 12.0. The molecule has 0 unspecified atom stereocenters. The Labute approximate surface area is 118 Å². The summed E-state index contributed by atoms with van der Waals surface area (Å²) < 4.78 is 31.0. The molecule has 1 aliphatic rings. The Hall–Kier alpha value is -1.60. The predicted octanol–water partition coefficient (Wildman–Crippen LogP) is 1.18. The smallest absolute Gasteiger partial charge is 0.309 e. The van der Waals surface area contributed by atoms with Gasteiger partial charge < -0.3 is 9.84 Å². The van der Waals surface area contributed by atoms with Crippen LogP contribution in [0.15, 0.2) is 29.2 Å². The van der Waals surface area contributed by atoms with Crippen LogP contribution in [0.4, 0.5) is 0 Å². The molecule has 0 radical (unpaired) electrons. The number of carboxylic acid groups (broad SMARTS) is 1. The summed E-state index contributed by atoms with van der Waals surface area (Å²) in [6, 6.07) is 6.18. The number of rotatable bonds is 6. The second-order valence-electron chi connectivity index (χ2n) is 4.68. The number of carbonyl (C=O) groups is 1. The van der Waals surface area contributed by atoms with Crippen molar-refractivity contribution in [2.75, 3.05) is 19.7 Å². The van der Waals surface area contributed by atoms with Gasteiger partial charge in [0.15, 0.2) is 0 Å². The summed E-state index contributed by atoms with van der Waals surface area (Å²) in [7, 11) is -3.59. The number of carboxylic acids is 1. The summed E-state index contributed by atoms with van der Waals surface area (Å²) in [5, 5.41) is 8.77. The van der Waals surface area contributed by atoms with E-state index in [4.69, 9.17) is 9.84 Å². The van der Waals surface area contributed by atoms with Gasteiger partial charge in [0.2, 0.25) is 10.0 Å². The Morgan fingerprint density at radius 3 is 2.45 bits per heavy atom. The van der Waals surface area contributed by atoms with Gasteiger partial charge in [-0.05, 0) is 30.7 Å². The standard InChI is InChI=1S/C13H17NO5S/c1-2-7-19-11-3-5-12(6-4-11)20(17,18)14-8-10(9-14)13(15)16/h3-6,10H,2,7-9H2,1H3,(H,15,16). The van der Waals surface area contributed by atoms with Crippen LogP contribution >= 0.6 is 0 Å². The van der Waals surface area contributed by atoms with Gasteiger partial charge in [-0.25, -0.2) is 8.42 Å². The number of sulfonamides is 1. The molecule has 1 aromatic rings. The van der Waals surface area contributed by atoms with E-state index < -0.39 is 21.9 Å². The van der Waals surface area contributed by atoms with Crippen molar-refractivity contribution >= 4 is 16.0 Å². The Kier molecular flexibility index (Phi) is 4.29. The molecule has 0 aromatic heterocycles. The van der Waals surface area contributed by atoms with E-state index in [-0.39, 0.29) is 18.0 Å². The molecule has 110 valence electrons. The molecule has 1 aromatic carbocycles. The zero-order valence-electron chi connectivity index (χ0n) is 11.2. The normalized spacial score (nSPS) is 16.6. The van der Waals surface area contributed by atoms with Gasteiger partial charge in [0.25, 0.3) is 0 Å². The van der Waals surface area contributed by atoms with E-state index in [2.05, 4.69) is 0 Å². The van der Waals surface area contributed by atoms with E-state index in [1.807, 2.05) is 6.92 Å². The SMILES string of the molecule is CCCOc1ccc(S(=O)(=O)N2CC(C(=O)O)C2)cc1. The molecule has 0 aliphatic carbocycles. The van der Waals surface area contributed by atoms with Gasteiger partial charge >= 0.3 is 5.97 Å². The maximum absolute atomic E-state index is 12.2. The average Bonchev–Trinajstić information content (AvgIpc) is 2.34. The van der Waals surface area contributed by atoms with Crippen molar-refractivity contribution in [2.24, 2.45) is 5.92 Å². The van der Waals surface area contributed by atoms with Crippen LogP contribution in [-0.4, -0.2) is 43.5 Å². The van der Waals surface area contributed by atoms with Gasteiger partial charge in [-0.15, -0.1) is 0 Å². The fourth-order valence-electron chi connectivity index (χ4n) is 1.87. The predicted molar refractivity (Wildman–Crippen MR) is 72.1 cm³/mol. The third kappa shape index (κ3) is 2.94. The van der Waals surface area contributed by atoms with Crippen LogP contribution in [0.25, 0.3) is 0 Å². The van der Waals surface area contributed by atoms with E-state index >= 15 is 0 Å². The molecular formula is C13H17NO5S.